The Kier molecular flexibility index (Phi) is 7.00. The third-order valence-electron chi connectivity index (χ3n) is 5.05. The number of ether oxygens (including phenoxy) is 1. The van der Waals surface area contributed by atoms with E-state index in [0.29, 0.717) is 11.3 Å². The lowest BCUT2D eigenvalue weighted by molar-refractivity contribution is -0.131. The van der Waals surface area contributed by atoms with Crippen LogP contribution < -0.4 is 15.4 Å². The van der Waals surface area contributed by atoms with Crippen LogP contribution in [0.5, 0.6) is 5.75 Å². The predicted molar refractivity (Wildman–Crippen MR) is 111 cm³/mol. The fraction of sp³-hybridized carbons (Fsp3) is 0.348. The van der Waals surface area contributed by atoms with Gasteiger partial charge < -0.3 is 15.4 Å². The molecule has 0 heterocycles. The van der Waals surface area contributed by atoms with Crippen molar-refractivity contribution in [3.05, 3.63) is 59.7 Å². The van der Waals surface area contributed by atoms with Gasteiger partial charge in [0, 0.05) is 30.6 Å². The van der Waals surface area contributed by atoms with Crippen LogP contribution in [-0.4, -0.2) is 17.8 Å². The highest BCUT2D eigenvalue weighted by molar-refractivity contribution is 5.95. The van der Waals surface area contributed by atoms with E-state index in [1.54, 1.807) is 18.2 Å². The first kappa shape index (κ1) is 20.6. The Balaban J connectivity index is 1.63. The molecule has 0 spiro atoms. The third-order valence-corrected chi connectivity index (χ3v) is 5.05. The van der Waals surface area contributed by atoms with Gasteiger partial charge in [0.2, 0.25) is 5.91 Å². The van der Waals surface area contributed by atoms with Crippen molar-refractivity contribution in [2.45, 2.75) is 45.6 Å². The molecule has 29 heavy (non-hydrogen) atoms. The number of nitrogens with one attached hydrogen (secondary N) is 2. The lowest BCUT2D eigenvalue weighted by Crippen LogP contribution is -2.27. The summed E-state index contributed by atoms with van der Waals surface area (Å²) in [6.07, 6.45) is 5.27. The second kappa shape index (κ2) is 9.87. The van der Waals surface area contributed by atoms with Crippen molar-refractivity contribution in [1.82, 2.24) is 5.32 Å². The molecule has 0 saturated heterocycles. The summed E-state index contributed by atoms with van der Waals surface area (Å²) >= 11 is 0. The predicted octanol–water partition coefficient (Wildman–Crippen LogP) is 4.06. The molecule has 0 aromatic heterocycles. The summed E-state index contributed by atoms with van der Waals surface area (Å²) in [5.74, 6) is -0.282. The minimum absolute atomic E-state index is 0.0533. The van der Waals surface area contributed by atoms with Gasteiger partial charge >= 0.3 is 5.97 Å². The van der Waals surface area contributed by atoms with Crippen molar-refractivity contribution >= 4 is 23.5 Å². The van der Waals surface area contributed by atoms with E-state index >= 15 is 0 Å². The average Bonchev–Trinajstić information content (AvgIpc) is 2.73. The van der Waals surface area contributed by atoms with E-state index in [9.17, 15) is 14.4 Å². The lowest BCUT2D eigenvalue weighted by Gasteiger charge is -2.21. The normalized spacial score (nSPS) is 14.1. The zero-order valence-electron chi connectivity index (χ0n) is 16.6. The number of amides is 2. The number of benzene rings is 2. The van der Waals surface area contributed by atoms with E-state index in [1.165, 1.54) is 19.4 Å². The second-order valence-electron chi connectivity index (χ2n) is 7.29. The number of hydrogen-bond donors (Lipinski definition) is 2. The zero-order valence-corrected chi connectivity index (χ0v) is 16.6. The van der Waals surface area contributed by atoms with E-state index < -0.39 is 5.97 Å². The maximum atomic E-state index is 12.6. The highest BCUT2D eigenvalue weighted by Gasteiger charge is 2.21. The summed E-state index contributed by atoms with van der Waals surface area (Å²) in [7, 11) is 0. The van der Waals surface area contributed by atoms with Crippen LogP contribution in [0.25, 0.3) is 0 Å². The summed E-state index contributed by atoms with van der Waals surface area (Å²) in [6.45, 7) is 1.59. The number of para-hydroxylation sites is 1. The SMILES string of the molecule is CC(=O)Oc1cccc(C(=O)NCc2ccccc2NC(=O)C2CCCCC2)c1. The maximum Gasteiger partial charge on any atom is 0.308 e. The largest absolute Gasteiger partial charge is 0.427 e. The van der Waals surface area contributed by atoms with Crippen LogP contribution >= 0.6 is 0 Å². The van der Waals surface area contributed by atoms with Crippen LogP contribution in [0.4, 0.5) is 5.69 Å². The first-order valence-corrected chi connectivity index (χ1v) is 9.98. The second-order valence-corrected chi connectivity index (χ2v) is 7.29. The monoisotopic (exact) mass is 394 g/mol. The van der Waals surface area contributed by atoms with Crippen molar-refractivity contribution in [2.75, 3.05) is 5.32 Å². The maximum absolute atomic E-state index is 12.6. The molecule has 2 N–H and O–H groups in total. The molecule has 1 aliphatic rings. The van der Waals surface area contributed by atoms with Gasteiger partial charge in [0.1, 0.15) is 5.75 Å². The van der Waals surface area contributed by atoms with Gasteiger partial charge in [-0.2, -0.15) is 0 Å². The molecular formula is C23H26N2O4. The summed E-state index contributed by atoms with van der Waals surface area (Å²) in [5, 5.41) is 5.88. The average molecular weight is 394 g/mol. The molecule has 3 rings (SSSR count). The highest BCUT2D eigenvalue weighted by Crippen LogP contribution is 2.26. The first-order valence-electron chi connectivity index (χ1n) is 9.98. The van der Waals surface area contributed by atoms with Crippen molar-refractivity contribution in [3.8, 4) is 5.75 Å². The summed E-state index contributed by atoms with van der Waals surface area (Å²) in [4.78, 5) is 36.2. The standard InChI is InChI=1S/C23H26N2O4/c1-16(26)29-20-12-7-11-18(14-20)22(27)24-15-19-10-5-6-13-21(19)25-23(28)17-8-3-2-4-9-17/h5-7,10-14,17H,2-4,8-9,15H2,1H3,(H,24,27)(H,25,28). The molecule has 6 heteroatoms. The molecule has 0 unspecified atom stereocenters. The molecule has 2 aromatic carbocycles. The van der Waals surface area contributed by atoms with E-state index in [4.69, 9.17) is 4.74 Å². The van der Waals surface area contributed by atoms with Gasteiger partial charge in [0.15, 0.2) is 0 Å². The lowest BCUT2D eigenvalue weighted by atomic mass is 9.88. The summed E-state index contributed by atoms with van der Waals surface area (Å²) < 4.78 is 5.02. The Morgan fingerprint density at radius 3 is 2.52 bits per heavy atom. The molecule has 2 amide bonds. The number of hydrogen-bond acceptors (Lipinski definition) is 4. The van der Waals surface area contributed by atoms with Gasteiger partial charge in [-0.1, -0.05) is 43.5 Å². The molecule has 0 bridgehead atoms. The van der Waals surface area contributed by atoms with E-state index in [0.717, 1.165) is 36.9 Å². The highest BCUT2D eigenvalue weighted by atomic mass is 16.5. The topological polar surface area (TPSA) is 84.5 Å². The number of carbonyl (C=O) groups is 3. The Morgan fingerprint density at radius 1 is 1.00 bits per heavy atom. The number of rotatable bonds is 6. The van der Waals surface area contributed by atoms with Crippen molar-refractivity contribution in [1.29, 1.82) is 0 Å². The minimum atomic E-state index is -0.440. The molecule has 0 radical (unpaired) electrons. The fourth-order valence-electron chi connectivity index (χ4n) is 3.54. The Labute approximate surface area is 170 Å². The van der Waals surface area contributed by atoms with Crippen molar-refractivity contribution in [2.24, 2.45) is 5.92 Å². The Bertz CT molecular complexity index is 888. The minimum Gasteiger partial charge on any atom is -0.427 e. The van der Waals surface area contributed by atoms with Gasteiger partial charge in [-0.05, 0) is 42.7 Å². The zero-order chi connectivity index (χ0) is 20.6. The third kappa shape index (κ3) is 5.91. The molecule has 152 valence electrons. The summed E-state index contributed by atoms with van der Waals surface area (Å²) in [5.41, 5.74) is 1.95. The van der Waals surface area contributed by atoms with Crippen molar-refractivity contribution in [3.63, 3.8) is 0 Å². The van der Waals surface area contributed by atoms with E-state index in [-0.39, 0.29) is 24.3 Å². The molecule has 1 saturated carbocycles. The van der Waals surface area contributed by atoms with Gasteiger partial charge in [0.25, 0.3) is 5.91 Å². The van der Waals surface area contributed by atoms with Crippen LogP contribution in [0.3, 0.4) is 0 Å². The molecule has 0 atom stereocenters. The number of esters is 1. The smallest absolute Gasteiger partial charge is 0.308 e. The van der Waals surface area contributed by atoms with Gasteiger partial charge in [-0.25, -0.2) is 0 Å². The van der Waals surface area contributed by atoms with Gasteiger partial charge in [0.05, 0.1) is 0 Å². The van der Waals surface area contributed by atoms with E-state index in [1.807, 2.05) is 24.3 Å². The van der Waals surface area contributed by atoms with Crippen molar-refractivity contribution < 1.29 is 19.1 Å². The quantitative estimate of drug-likeness (QED) is 0.572. The van der Waals surface area contributed by atoms with Gasteiger partial charge in [-0.3, -0.25) is 14.4 Å². The molecule has 6 nitrogen and oxygen atoms in total. The fourth-order valence-corrected chi connectivity index (χ4v) is 3.54. The molecule has 1 aliphatic carbocycles. The van der Waals surface area contributed by atoms with Crippen LogP contribution in [0.15, 0.2) is 48.5 Å². The van der Waals surface area contributed by atoms with Gasteiger partial charge in [-0.15, -0.1) is 0 Å². The Hall–Kier alpha value is -3.15. The molecule has 1 fully saturated rings. The molecule has 0 aliphatic heterocycles. The van der Waals surface area contributed by atoms with Crippen LogP contribution in [0.1, 0.15) is 54.9 Å². The summed E-state index contributed by atoms with van der Waals surface area (Å²) in [6, 6.07) is 13.9. The Morgan fingerprint density at radius 2 is 1.76 bits per heavy atom. The molecular weight excluding hydrogens is 368 g/mol. The van der Waals surface area contributed by atoms with Crippen LogP contribution in [-0.2, 0) is 16.1 Å². The van der Waals surface area contributed by atoms with Crippen LogP contribution in [0, 0.1) is 5.92 Å². The number of anilines is 1. The number of carbonyl (C=O) groups excluding carboxylic acids is 3. The molecule has 2 aromatic rings. The van der Waals surface area contributed by atoms with E-state index in [2.05, 4.69) is 10.6 Å². The first-order chi connectivity index (χ1) is 14.0. The van der Waals surface area contributed by atoms with Crippen LogP contribution in [0.2, 0.25) is 0 Å².